The first kappa shape index (κ1) is 23.0. The van der Waals surface area contributed by atoms with Gasteiger partial charge in [-0.15, -0.1) is 11.3 Å². The van der Waals surface area contributed by atoms with E-state index in [4.69, 9.17) is 16.6 Å². The zero-order valence-corrected chi connectivity index (χ0v) is 20.5. The first-order valence-corrected chi connectivity index (χ1v) is 12.1. The van der Waals surface area contributed by atoms with Gasteiger partial charge in [-0.1, -0.05) is 59.6 Å². The summed E-state index contributed by atoms with van der Waals surface area (Å²) in [5.74, 6) is -0.0325. The molecule has 0 spiro atoms. The summed E-state index contributed by atoms with van der Waals surface area (Å²) in [4.78, 5) is 20.6. The van der Waals surface area contributed by atoms with Gasteiger partial charge >= 0.3 is 0 Å². The molecule has 0 atom stereocenters. The molecule has 0 saturated carbocycles. The lowest BCUT2D eigenvalue weighted by atomic mass is 10.1. The Hall–Kier alpha value is -3.15. The molecule has 0 aliphatic carbocycles. The van der Waals surface area contributed by atoms with E-state index in [1.165, 1.54) is 11.3 Å². The number of nitrogens with zero attached hydrogens (tertiary/aromatic N) is 3. The lowest BCUT2D eigenvalue weighted by molar-refractivity contribution is -0.117. The van der Waals surface area contributed by atoms with Gasteiger partial charge in [0.15, 0.2) is 4.80 Å². The maximum Gasteiger partial charge on any atom is 0.248 e. The predicted octanol–water partition coefficient (Wildman–Crippen LogP) is 6.51. The molecule has 4 aromatic rings. The molecule has 4 nitrogen and oxygen atoms in total. The highest BCUT2D eigenvalue weighted by molar-refractivity contribution is 7.07. The van der Waals surface area contributed by atoms with Crippen LogP contribution in [0.4, 0.5) is 5.69 Å². The van der Waals surface area contributed by atoms with Crippen LogP contribution in [0.2, 0.25) is 5.02 Å². The van der Waals surface area contributed by atoms with Crippen molar-refractivity contribution >= 4 is 34.5 Å². The number of amides is 1. The number of thiazole rings is 1. The van der Waals surface area contributed by atoms with Gasteiger partial charge in [0.25, 0.3) is 0 Å². The van der Waals surface area contributed by atoms with Crippen LogP contribution >= 0.6 is 22.9 Å². The number of para-hydroxylation sites is 1. The molecule has 0 radical (unpaired) electrons. The third-order valence-electron chi connectivity index (χ3n) is 5.31. The van der Waals surface area contributed by atoms with Crippen molar-refractivity contribution in [3.63, 3.8) is 0 Å². The van der Waals surface area contributed by atoms with Crippen LogP contribution in [0.3, 0.4) is 0 Å². The number of carbonyl (C=O) groups is 1. The number of carbonyl (C=O) groups excluding carboxylic acids is 1. The molecule has 0 saturated heterocycles. The molecular formula is C27H26ClN3OS. The van der Waals surface area contributed by atoms with Gasteiger partial charge in [-0.3, -0.25) is 9.36 Å². The fourth-order valence-corrected chi connectivity index (χ4v) is 4.75. The van der Waals surface area contributed by atoms with Gasteiger partial charge in [-0.25, -0.2) is 4.99 Å². The zero-order valence-electron chi connectivity index (χ0n) is 18.9. The number of halogens is 1. The number of hydrogen-bond donors (Lipinski definition) is 0. The monoisotopic (exact) mass is 475 g/mol. The molecule has 3 aromatic carbocycles. The van der Waals surface area contributed by atoms with Gasteiger partial charge < -0.3 is 4.90 Å². The van der Waals surface area contributed by atoms with Gasteiger partial charge in [0.05, 0.1) is 5.69 Å². The SMILES string of the molecule is Cc1ccc(N(C(=O)CN=c2scc(-c3ccc(Cl)cc3)n2-c2ccccc2)C(C)C)cc1. The number of rotatable bonds is 6. The second-order valence-corrected chi connectivity index (χ2v) is 9.36. The number of aromatic nitrogens is 1. The molecule has 1 aromatic heterocycles. The summed E-state index contributed by atoms with van der Waals surface area (Å²) in [7, 11) is 0. The minimum absolute atomic E-state index is 0.0321. The van der Waals surface area contributed by atoms with Gasteiger partial charge in [0.2, 0.25) is 5.91 Å². The van der Waals surface area contributed by atoms with Crippen molar-refractivity contribution in [2.75, 3.05) is 11.4 Å². The standard InChI is InChI=1S/C27H26ClN3OS/c1-19(2)30(24-15-9-20(3)10-16-24)26(32)17-29-27-31(23-7-5-4-6-8-23)25(18-33-27)21-11-13-22(28)14-12-21/h4-16,18-19H,17H2,1-3H3. The summed E-state index contributed by atoms with van der Waals surface area (Å²) in [6, 6.07) is 25.9. The summed E-state index contributed by atoms with van der Waals surface area (Å²) in [5.41, 5.74) is 5.09. The van der Waals surface area contributed by atoms with Crippen LogP contribution < -0.4 is 9.70 Å². The van der Waals surface area contributed by atoms with Gasteiger partial charge in [0, 0.05) is 27.8 Å². The number of benzene rings is 3. The van der Waals surface area contributed by atoms with Crippen LogP contribution in [0.15, 0.2) is 89.2 Å². The Morgan fingerprint density at radius 2 is 1.67 bits per heavy atom. The largest absolute Gasteiger partial charge is 0.308 e. The molecule has 168 valence electrons. The molecule has 6 heteroatoms. The van der Waals surface area contributed by atoms with Crippen molar-refractivity contribution in [3.8, 4) is 16.9 Å². The van der Waals surface area contributed by atoms with E-state index in [1.54, 1.807) is 0 Å². The van der Waals surface area contributed by atoms with Crippen LogP contribution in [0, 0.1) is 6.92 Å². The minimum atomic E-state index is -0.0325. The summed E-state index contributed by atoms with van der Waals surface area (Å²) in [5, 5.41) is 2.76. The third kappa shape index (κ3) is 5.27. The normalized spacial score (nSPS) is 11.7. The first-order chi connectivity index (χ1) is 15.9. The second-order valence-electron chi connectivity index (χ2n) is 8.09. The first-order valence-electron chi connectivity index (χ1n) is 10.8. The molecule has 0 bridgehead atoms. The highest BCUT2D eigenvalue weighted by Gasteiger charge is 2.19. The number of hydrogen-bond acceptors (Lipinski definition) is 3. The molecule has 0 aliphatic heterocycles. The summed E-state index contributed by atoms with van der Waals surface area (Å²) < 4.78 is 2.09. The summed E-state index contributed by atoms with van der Waals surface area (Å²) in [6.07, 6.45) is 0. The Morgan fingerprint density at radius 3 is 2.30 bits per heavy atom. The Bertz CT molecular complexity index is 1290. The van der Waals surface area contributed by atoms with E-state index in [0.717, 1.165) is 33.0 Å². The Balaban J connectivity index is 1.72. The maximum absolute atomic E-state index is 13.2. The summed E-state index contributed by atoms with van der Waals surface area (Å²) in [6.45, 7) is 6.15. The van der Waals surface area contributed by atoms with Crippen molar-refractivity contribution < 1.29 is 4.79 Å². The minimum Gasteiger partial charge on any atom is -0.308 e. The van der Waals surface area contributed by atoms with E-state index < -0.39 is 0 Å². The van der Waals surface area contributed by atoms with Crippen LogP contribution in [0.5, 0.6) is 0 Å². The van der Waals surface area contributed by atoms with Crippen LogP contribution in [-0.4, -0.2) is 23.1 Å². The molecule has 4 rings (SSSR count). The highest BCUT2D eigenvalue weighted by atomic mass is 35.5. The Kier molecular flexibility index (Phi) is 7.11. The Morgan fingerprint density at radius 1 is 1.00 bits per heavy atom. The maximum atomic E-state index is 13.2. The van der Waals surface area contributed by atoms with Gasteiger partial charge in [0.1, 0.15) is 6.54 Å². The van der Waals surface area contributed by atoms with Crippen molar-refractivity contribution in [1.29, 1.82) is 0 Å². The van der Waals surface area contributed by atoms with E-state index in [2.05, 4.69) is 9.95 Å². The number of aryl methyl sites for hydroxylation is 1. The van der Waals surface area contributed by atoms with E-state index in [0.29, 0.717) is 5.02 Å². The smallest absolute Gasteiger partial charge is 0.248 e. The van der Waals surface area contributed by atoms with E-state index in [1.807, 2.05) is 105 Å². The van der Waals surface area contributed by atoms with Gasteiger partial charge in [-0.2, -0.15) is 0 Å². The van der Waals surface area contributed by atoms with Crippen LogP contribution in [0.25, 0.3) is 16.9 Å². The quantitative estimate of drug-likeness (QED) is 0.313. The molecule has 0 fully saturated rings. The van der Waals surface area contributed by atoms with E-state index in [-0.39, 0.29) is 18.5 Å². The zero-order chi connectivity index (χ0) is 23.4. The lowest BCUT2D eigenvalue weighted by Gasteiger charge is -2.26. The van der Waals surface area contributed by atoms with Crippen molar-refractivity contribution in [2.45, 2.75) is 26.8 Å². The topological polar surface area (TPSA) is 37.6 Å². The van der Waals surface area contributed by atoms with Crippen LogP contribution in [0.1, 0.15) is 19.4 Å². The second kappa shape index (κ2) is 10.2. The fourth-order valence-electron chi connectivity index (χ4n) is 3.72. The number of anilines is 1. The highest BCUT2D eigenvalue weighted by Crippen LogP contribution is 2.25. The average molecular weight is 476 g/mol. The van der Waals surface area contributed by atoms with E-state index in [9.17, 15) is 4.79 Å². The lowest BCUT2D eigenvalue weighted by Crippen LogP contribution is -2.39. The van der Waals surface area contributed by atoms with Crippen LogP contribution in [-0.2, 0) is 4.79 Å². The molecule has 33 heavy (non-hydrogen) atoms. The summed E-state index contributed by atoms with van der Waals surface area (Å²) >= 11 is 7.62. The molecular weight excluding hydrogens is 450 g/mol. The average Bonchev–Trinajstić information content (AvgIpc) is 3.24. The third-order valence-corrected chi connectivity index (χ3v) is 6.42. The molecule has 0 N–H and O–H groups in total. The van der Waals surface area contributed by atoms with Crippen molar-refractivity contribution in [1.82, 2.24) is 4.57 Å². The Labute approximate surface area is 203 Å². The van der Waals surface area contributed by atoms with Crippen molar-refractivity contribution in [3.05, 3.63) is 99.6 Å². The van der Waals surface area contributed by atoms with E-state index >= 15 is 0 Å². The molecule has 0 aliphatic rings. The fraction of sp³-hybridized carbons (Fsp3) is 0.185. The molecule has 1 heterocycles. The molecule has 0 unspecified atom stereocenters. The van der Waals surface area contributed by atoms with Gasteiger partial charge in [-0.05, 0) is 62.7 Å². The van der Waals surface area contributed by atoms with Crippen molar-refractivity contribution in [2.24, 2.45) is 4.99 Å². The predicted molar refractivity (Wildman–Crippen MR) is 138 cm³/mol. The molecule has 1 amide bonds.